The number of aryl methyl sites for hydroxylation is 1. The zero-order valence-electron chi connectivity index (χ0n) is 12.3. The van der Waals surface area contributed by atoms with Crippen molar-refractivity contribution in [2.24, 2.45) is 0 Å². The minimum Gasteiger partial charge on any atom is -0.378 e. The van der Waals surface area contributed by atoms with E-state index in [4.69, 9.17) is 16.3 Å². The van der Waals surface area contributed by atoms with E-state index >= 15 is 0 Å². The molecule has 0 bridgehead atoms. The maximum atomic E-state index is 12.3. The summed E-state index contributed by atoms with van der Waals surface area (Å²) in [6.45, 7) is 5.59. The molecule has 0 aromatic heterocycles. The summed E-state index contributed by atoms with van der Waals surface area (Å²) in [4.78, 5) is 27.4. The number of carbonyl (C=O) groups excluding carboxylic acids is 2. The van der Waals surface area contributed by atoms with Crippen LogP contribution >= 0.6 is 11.6 Å². The third-order valence-electron chi connectivity index (χ3n) is 3.50. The maximum Gasteiger partial charge on any atom is 0.242 e. The molecule has 0 spiro atoms. The van der Waals surface area contributed by atoms with Gasteiger partial charge in [-0.1, -0.05) is 17.7 Å². The van der Waals surface area contributed by atoms with Crippen LogP contribution in [0.5, 0.6) is 0 Å². The number of amides is 2. The van der Waals surface area contributed by atoms with Gasteiger partial charge in [-0.15, -0.1) is 0 Å². The molecule has 0 saturated carbocycles. The second-order valence-electron chi connectivity index (χ2n) is 5.03. The van der Waals surface area contributed by atoms with E-state index in [-0.39, 0.29) is 18.4 Å². The number of anilines is 1. The normalized spacial score (nSPS) is 14.9. The van der Waals surface area contributed by atoms with Crippen LogP contribution in [0.3, 0.4) is 0 Å². The first kappa shape index (κ1) is 15.8. The lowest BCUT2D eigenvalue weighted by atomic mass is 10.1. The van der Waals surface area contributed by atoms with Crippen molar-refractivity contribution >= 4 is 29.1 Å². The summed E-state index contributed by atoms with van der Waals surface area (Å²) < 4.78 is 5.23. The number of carbonyl (C=O) groups is 2. The number of ether oxygens (including phenoxy) is 1. The van der Waals surface area contributed by atoms with Gasteiger partial charge in [-0.05, 0) is 24.6 Å². The topological polar surface area (TPSA) is 49.9 Å². The molecule has 0 N–H and O–H groups in total. The second-order valence-corrected chi connectivity index (χ2v) is 5.47. The first-order valence-electron chi connectivity index (χ1n) is 6.89. The van der Waals surface area contributed by atoms with Gasteiger partial charge in [-0.2, -0.15) is 0 Å². The van der Waals surface area contributed by atoms with Gasteiger partial charge in [0.05, 0.1) is 13.2 Å². The molecular formula is C15H19ClN2O3. The molecule has 1 heterocycles. The van der Waals surface area contributed by atoms with E-state index in [9.17, 15) is 9.59 Å². The molecule has 1 aromatic carbocycles. The van der Waals surface area contributed by atoms with Gasteiger partial charge in [0, 0.05) is 30.7 Å². The predicted octanol–water partition coefficient (Wildman–Crippen LogP) is 1.86. The van der Waals surface area contributed by atoms with E-state index in [2.05, 4.69) is 0 Å². The fraction of sp³-hybridized carbons (Fsp3) is 0.467. The van der Waals surface area contributed by atoms with E-state index in [1.54, 1.807) is 17.0 Å². The van der Waals surface area contributed by atoms with Crippen LogP contribution in [0, 0.1) is 6.92 Å². The van der Waals surface area contributed by atoms with Crippen molar-refractivity contribution in [1.29, 1.82) is 0 Å². The minimum atomic E-state index is -0.179. The maximum absolute atomic E-state index is 12.3. The Balaban J connectivity index is 2.17. The minimum absolute atomic E-state index is 0.0243. The smallest absolute Gasteiger partial charge is 0.242 e. The summed E-state index contributed by atoms with van der Waals surface area (Å²) in [6, 6.07) is 5.32. The number of morpholine rings is 1. The summed E-state index contributed by atoms with van der Waals surface area (Å²) >= 11 is 6.00. The van der Waals surface area contributed by atoms with Gasteiger partial charge in [0.2, 0.25) is 11.8 Å². The Kier molecular flexibility index (Phi) is 5.20. The third-order valence-corrected chi connectivity index (χ3v) is 3.73. The van der Waals surface area contributed by atoms with Crippen molar-refractivity contribution in [2.75, 3.05) is 37.7 Å². The Labute approximate surface area is 129 Å². The zero-order valence-corrected chi connectivity index (χ0v) is 13.0. The predicted molar refractivity (Wildman–Crippen MR) is 81.6 cm³/mol. The lowest BCUT2D eigenvalue weighted by Gasteiger charge is -2.30. The molecule has 1 aromatic rings. The Bertz CT molecular complexity index is 542. The van der Waals surface area contributed by atoms with Crippen molar-refractivity contribution in [2.45, 2.75) is 13.8 Å². The number of nitrogens with zero attached hydrogens (tertiary/aromatic N) is 2. The van der Waals surface area contributed by atoms with Crippen LogP contribution in [0.1, 0.15) is 12.5 Å². The van der Waals surface area contributed by atoms with Crippen molar-refractivity contribution in [3.63, 3.8) is 0 Å². The highest BCUT2D eigenvalue weighted by atomic mass is 35.5. The number of rotatable bonds is 3. The number of halogens is 1. The molecule has 0 atom stereocenters. The summed E-state index contributed by atoms with van der Waals surface area (Å²) in [6.07, 6.45) is 0. The number of benzene rings is 1. The molecule has 2 amide bonds. The first-order chi connectivity index (χ1) is 9.99. The SMILES string of the molecule is CC(=O)N(CC(=O)N1CCOCC1)c1cc(Cl)ccc1C. The van der Waals surface area contributed by atoms with Crippen LogP contribution < -0.4 is 4.90 Å². The third kappa shape index (κ3) is 3.95. The highest BCUT2D eigenvalue weighted by Crippen LogP contribution is 2.24. The van der Waals surface area contributed by atoms with Crippen LogP contribution in [0.15, 0.2) is 18.2 Å². The average Bonchev–Trinajstić information content (AvgIpc) is 2.48. The van der Waals surface area contributed by atoms with Gasteiger partial charge in [0.1, 0.15) is 6.54 Å². The Morgan fingerprint density at radius 3 is 2.62 bits per heavy atom. The van der Waals surface area contributed by atoms with Crippen LogP contribution in [0.25, 0.3) is 0 Å². The first-order valence-corrected chi connectivity index (χ1v) is 7.26. The molecule has 0 radical (unpaired) electrons. The molecule has 21 heavy (non-hydrogen) atoms. The molecule has 0 unspecified atom stereocenters. The van der Waals surface area contributed by atoms with Gasteiger partial charge in [0.25, 0.3) is 0 Å². The van der Waals surface area contributed by atoms with E-state index in [1.165, 1.54) is 11.8 Å². The summed E-state index contributed by atoms with van der Waals surface area (Å²) in [7, 11) is 0. The fourth-order valence-corrected chi connectivity index (χ4v) is 2.45. The molecule has 1 fully saturated rings. The standard InChI is InChI=1S/C15H19ClN2O3/c1-11-3-4-13(16)9-14(11)18(12(2)19)10-15(20)17-5-7-21-8-6-17/h3-4,9H,5-8,10H2,1-2H3. The van der Waals surface area contributed by atoms with Crippen molar-refractivity contribution < 1.29 is 14.3 Å². The highest BCUT2D eigenvalue weighted by molar-refractivity contribution is 6.31. The van der Waals surface area contributed by atoms with Crippen LogP contribution in [-0.2, 0) is 14.3 Å². The van der Waals surface area contributed by atoms with Crippen LogP contribution in [-0.4, -0.2) is 49.6 Å². The summed E-state index contributed by atoms with van der Waals surface area (Å²) in [5, 5.41) is 0.542. The molecule has 5 nitrogen and oxygen atoms in total. The van der Waals surface area contributed by atoms with Gasteiger partial charge >= 0.3 is 0 Å². The van der Waals surface area contributed by atoms with Gasteiger partial charge in [-0.3, -0.25) is 9.59 Å². The Hall–Kier alpha value is -1.59. The highest BCUT2D eigenvalue weighted by Gasteiger charge is 2.23. The molecule has 1 aliphatic rings. The van der Waals surface area contributed by atoms with E-state index in [0.717, 1.165) is 5.56 Å². The second kappa shape index (κ2) is 6.91. The average molecular weight is 311 g/mol. The molecular weight excluding hydrogens is 292 g/mol. The number of hydrogen-bond acceptors (Lipinski definition) is 3. The fourth-order valence-electron chi connectivity index (χ4n) is 2.29. The van der Waals surface area contributed by atoms with E-state index in [1.807, 2.05) is 13.0 Å². The molecule has 2 rings (SSSR count). The molecule has 1 saturated heterocycles. The van der Waals surface area contributed by atoms with Crippen molar-refractivity contribution in [3.05, 3.63) is 28.8 Å². The van der Waals surface area contributed by atoms with Crippen molar-refractivity contribution in [3.8, 4) is 0 Å². The number of hydrogen-bond donors (Lipinski definition) is 0. The van der Waals surface area contributed by atoms with Crippen LogP contribution in [0.4, 0.5) is 5.69 Å². The Morgan fingerprint density at radius 2 is 2.00 bits per heavy atom. The molecule has 6 heteroatoms. The monoisotopic (exact) mass is 310 g/mol. The Morgan fingerprint density at radius 1 is 1.33 bits per heavy atom. The lowest BCUT2D eigenvalue weighted by Crippen LogP contribution is -2.47. The van der Waals surface area contributed by atoms with Gasteiger partial charge in [-0.25, -0.2) is 0 Å². The molecule has 1 aliphatic heterocycles. The molecule has 0 aliphatic carbocycles. The van der Waals surface area contributed by atoms with Crippen LogP contribution in [0.2, 0.25) is 5.02 Å². The summed E-state index contributed by atoms with van der Waals surface area (Å²) in [5.74, 6) is -0.255. The van der Waals surface area contributed by atoms with Crippen molar-refractivity contribution in [1.82, 2.24) is 4.90 Å². The lowest BCUT2D eigenvalue weighted by molar-refractivity contribution is -0.134. The van der Waals surface area contributed by atoms with Gasteiger partial charge < -0.3 is 14.5 Å². The van der Waals surface area contributed by atoms with Gasteiger partial charge in [0.15, 0.2) is 0 Å². The van der Waals surface area contributed by atoms with E-state index < -0.39 is 0 Å². The quantitative estimate of drug-likeness (QED) is 0.856. The van der Waals surface area contributed by atoms with E-state index in [0.29, 0.717) is 37.0 Å². The zero-order chi connectivity index (χ0) is 15.4. The largest absolute Gasteiger partial charge is 0.378 e. The molecule has 114 valence electrons. The summed E-state index contributed by atoms with van der Waals surface area (Å²) in [5.41, 5.74) is 1.58.